The van der Waals surface area contributed by atoms with Gasteiger partial charge in [0.05, 0.1) is 4.90 Å². The number of hydrogen-bond donors (Lipinski definition) is 3. The second-order valence-corrected chi connectivity index (χ2v) is 8.85. The molecule has 0 atom stereocenters. The molecule has 2 saturated heterocycles. The molecule has 1 aromatic carbocycles. The Hall–Kier alpha value is -1.68. The summed E-state index contributed by atoms with van der Waals surface area (Å²) in [7, 11) is -4.00. The summed E-state index contributed by atoms with van der Waals surface area (Å²) in [5.74, 6) is -0.320. The Kier molecular flexibility index (Phi) is 5.81. The largest absolute Gasteiger partial charge is 0.490 e. The first-order valence-corrected chi connectivity index (χ1v) is 10.2. The molecule has 0 bridgehead atoms. The van der Waals surface area contributed by atoms with Crippen LogP contribution in [0.4, 0.5) is 0 Å². The van der Waals surface area contributed by atoms with Gasteiger partial charge < -0.3 is 14.8 Å². The van der Waals surface area contributed by atoms with Crippen LogP contribution in [0, 0.1) is 0 Å². The zero-order valence-electron chi connectivity index (χ0n) is 14.4. The van der Waals surface area contributed by atoms with E-state index in [0.717, 1.165) is 25.9 Å². The molecule has 2 fully saturated rings. The first-order chi connectivity index (χ1) is 12.5. The maximum absolute atomic E-state index is 13.1. The minimum atomic E-state index is -4.00. The van der Waals surface area contributed by atoms with Gasteiger partial charge in [0.1, 0.15) is 11.9 Å². The van der Waals surface area contributed by atoms with E-state index in [4.69, 9.17) is 14.7 Å². The molecule has 3 N–H and O–H groups in total. The van der Waals surface area contributed by atoms with E-state index in [1.807, 2.05) is 0 Å². The zero-order valence-corrected chi connectivity index (χ0v) is 15.3. The molecule has 9 heteroatoms. The van der Waals surface area contributed by atoms with Gasteiger partial charge in [-0.25, -0.2) is 13.9 Å². The highest BCUT2D eigenvalue weighted by molar-refractivity contribution is 7.93. The van der Waals surface area contributed by atoms with Crippen LogP contribution in [-0.4, -0.2) is 56.7 Å². The third-order valence-electron chi connectivity index (χ3n) is 5.05. The third-order valence-corrected chi connectivity index (χ3v) is 7.57. The van der Waals surface area contributed by atoms with Crippen LogP contribution in [0.5, 0.6) is 5.75 Å². The molecule has 0 aliphatic carbocycles. The molecular formula is C17H24N2O6S. The molecular weight excluding hydrogens is 360 g/mol. The highest BCUT2D eigenvalue weighted by Crippen LogP contribution is 2.35. The Morgan fingerprint density at radius 2 is 1.81 bits per heavy atom. The Morgan fingerprint density at radius 1 is 1.19 bits per heavy atom. The van der Waals surface area contributed by atoms with E-state index in [1.165, 1.54) is 17.6 Å². The summed E-state index contributed by atoms with van der Waals surface area (Å²) in [5, 5.41) is 12.3. The maximum Gasteiger partial charge on any atom is 0.265 e. The molecule has 0 aromatic heterocycles. The second kappa shape index (κ2) is 7.91. The minimum Gasteiger partial charge on any atom is -0.490 e. The van der Waals surface area contributed by atoms with E-state index in [2.05, 4.69) is 5.32 Å². The number of sulfone groups is 1. The SMILES string of the molecule is O=C(NO)C1(S(=O)(=O)c2ccc(OC3CCNCC3)cc2)CCOCC1. The van der Waals surface area contributed by atoms with Gasteiger partial charge in [-0.15, -0.1) is 0 Å². The molecule has 8 nitrogen and oxygen atoms in total. The van der Waals surface area contributed by atoms with Crippen LogP contribution in [0.1, 0.15) is 25.7 Å². The van der Waals surface area contributed by atoms with Gasteiger partial charge in [-0.05, 0) is 63.0 Å². The normalized spacial score (nSPS) is 21.1. The molecule has 3 rings (SSSR count). The van der Waals surface area contributed by atoms with Crippen LogP contribution in [0.2, 0.25) is 0 Å². The van der Waals surface area contributed by atoms with Gasteiger partial charge in [0, 0.05) is 13.2 Å². The van der Waals surface area contributed by atoms with Crippen LogP contribution in [0.3, 0.4) is 0 Å². The van der Waals surface area contributed by atoms with Gasteiger partial charge in [0.15, 0.2) is 14.6 Å². The molecule has 0 unspecified atom stereocenters. The summed E-state index contributed by atoms with van der Waals surface area (Å²) in [6, 6.07) is 6.12. The smallest absolute Gasteiger partial charge is 0.265 e. The van der Waals surface area contributed by atoms with Crippen molar-refractivity contribution in [3.05, 3.63) is 24.3 Å². The molecule has 144 valence electrons. The van der Waals surface area contributed by atoms with Gasteiger partial charge in [0.25, 0.3) is 5.91 Å². The lowest BCUT2D eigenvalue weighted by Gasteiger charge is -2.34. The number of hydroxylamine groups is 1. The van der Waals surface area contributed by atoms with Crippen molar-refractivity contribution in [3.63, 3.8) is 0 Å². The Bertz CT molecular complexity index is 722. The summed E-state index contributed by atoms with van der Waals surface area (Å²) in [5.41, 5.74) is 1.51. The number of rotatable bonds is 5. The second-order valence-electron chi connectivity index (χ2n) is 6.59. The molecule has 1 aromatic rings. The zero-order chi connectivity index (χ0) is 18.6. The van der Waals surface area contributed by atoms with Crippen LogP contribution in [0.25, 0.3) is 0 Å². The maximum atomic E-state index is 13.1. The molecule has 0 saturated carbocycles. The molecule has 0 spiro atoms. The predicted molar refractivity (Wildman–Crippen MR) is 92.9 cm³/mol. The average Bonchev–Trinajstić information content (AvgIpc) is 2.69. The highest BCUT2D eigenvalue weighted by Gasteiger charge is 2.52. The fraction of sp³-hybridized carbons (Fsp3) is 0.588. The van der Waals surface area contributed by atoms with Crippen molar-refractivity contribution in [2.45, 2.75) is 41.4 Å². The van der Waals surface area contributed by atoms with E-state index in [9.17, 15) is 13.2 Å². The number of ether oxygens (including phenoxy) is 2. The summed E-state index contributed by atoms with van der Waals surface area (Å²) in [6.45, 7) is 2.09. The van der Waals surface area contributed by atoms with Crippen LogP contribution in [0.15, 0.2) is 29.2 Å². The van der Waals surface area contributed by atoms with Crippen molar-refractivity contribution in [2.75, 3.05) is 26.3 Å². The monoisotopic (exact) mass is 384 g/mol. The standard InChI is InChI=1S/C17H24N2O6S/c20-16(19-21)17(7-11-24-12-8-17)26(22,23)15-3-1-13(2-4-15)25-14-5-9-18-10-6-14/h1-4,14,18,21H,5-12H2,(H,19,20). The summed E-state index contributed by atoms with van der Waals surface area (Å²) in [4.78, 5) is 12.2. The fourth-order valence-corrected chi connectivity index (χ4v) is 5.39. The van der Waals surface area contributed by atoms with Crippen molar-refractivity contribution in [1.29, 1.82) is 0 Å². The van der Waals surface area contributed by atoms with Crippen LogP contribution >= 0.6 is 0 Å². The fourth-order valence-electron chi connectivity index (χ4n) is 3.45. The Balaban J connectivity index is 1.82. The van der Waals surface area contributed by atoms with Gasteiger partial charge in [-0.2, -0.15) is 0 Å². The summed E-state index contributed by atoms with van der Waals surface area (Å²) >= 11 is 0. The van der Waals surface area contributed by atoms with E-state index in [1.54, 1.807) is 12.1 Å². The molecule has 2 heterocycles. The average molecular weight is 384 g/mol. The number of carbonyl (C=O) groups is 1. The van der Waals surface area contributed by atoms with E-state index < -0.39 is 20.5 Å². The number of benzene rings is 1. The minimum absolute atomic E-state index is 0.00491. The van der Waals surface area contributed by atoms with Crippen molar-refractivity contribution in [3.8, 4) is 5.75 Å². The molecule has 1 amide bonds. The quantitative estimate of drug-likeness (QED) is 0.504. The van der Waals surface area contributed by atoms with Crippen molar-refractivity contribution >= 4 is 15.7 Å². The van der Waals surface area contributed by atoms with Gasteiger partial charge >= 0.3 is 0 Å². The van der Waals surface area contributed by atoms with Gasteiger partial charge in [0.2, 0.25) is 0 Å². The number of nitrogens with one attached hydrogen (secondary N) is 2. The summed E-state index contributed by atoms with van der Waals surface area (Å²) in [6.07, 6.45) is 1.91. The van der Waals surface area contributed by atoms with Crippen molar-refractivity contribution < 1.29 is 27.9 Å². The topological polar surface area (TPSA) is 114 Å². The number of hydrogen-bond acceptors (Lipinski definition) is 7. The number of piperidine rings is 1. The van der Waals surface area contributed by atoms with Crippen molar-refractivity contribution in [2.24, 2.45) is 0 Å². The van der Waals surface area contributed by atoms with Gasteiger partial charge in [-0.1, -0.05) is 0 Å². The third kappa shape index (κ3) is 3.57. The lowest BCUT2D eigenvalue weighted by Crippen LogP contribution is -2.54. The molecule has 26 heavy (non-hydrogen) atoms. The molecule has 0 radical (unpaired) electrons. The van der Waals surface area contributed by atoms with Gasteiger partial charge in [-0.3, -0.25) is 10.0 Å². The Labute approximate surface area is 152 Å². The van der Waals surface area contributed by atoms with Crippen molar-refractivity contribution in [1.82, 2.24) is 10.8 Å². The van der Waals surface area contributed by atoms with Crippen LogP contribution < -0.4 is 15.5 Å². The Morgan fingerprint density at radius 3 is 2.38 bits per heavy atom. The lowest BCUT2D eigenvalue weighted by atomic mass is 9.98. The first kappa shape index (κ1) is 19.1. The number of carbonyl (C=O) groups excluding carboxylic acids is 1. The number of amides is 1. The van der Waals surface area contributed by atoms with E-state index in [-0.39, 0.29) is 37.1 Å². The lowest BCUT2D eigenvalue weighted by molar-refractivity contribution is -0.134. The molecule has 2 aliphatic rings. The first-order valence-electron chi connectivity index (χ1n) is 8.74. The summed E-state index contributed by atoms with van der Waals surface area (Å²) < 4.78 is 35.6. The van der Waals surface area contributed by atoms with Crippen LogP contribution in [-0.2, 0) is 19.4 Å². The molecule has 2 aliphatic heterocycles. The highest BCUT2D eigenvalue weighted by atomic mass is 32.2. The van der Waals surface area contributed by atoms with E-state index >= 15 is 0 Å². The predicted octanol–water partition coefficient (Wildman–Crippen LogP) is 0.646. The van der Waals surface area contributed by atoms with E-state index in [0.29, 0.717) is 5.75 Å².